The Balaban J connectivity index is 1.60. The summed E-state index contributed by atoms with van der Waals surface area (Å²) in [6, 6.07) is 11.6. The average molecular weight is 322 g/mol. The van der Waals surface area contributed by atoms with Crippen LogP contribution in [0.5, 0.6) is 5.75 Å². The lowest BCUT2D eigenvalue weighted by Crippen LogP contribution is -2.22. The SMILES string of the molecule is Oc1ccc2c(c1)CCC2NCCc1ccc(Cl)cc1Cl. The Morgan fingerprint density at radius 2 is 2.00 bits per heavy atom. The van der Waals surface area contributed by atoms with E-state index in [-0.39, 0.29) is 0 Å². The highest BCUT2D eigenvalue weighted by Gasteiger charge is 2.21. The Hall–Kier alpha value is -1.22. The van der Waals surface area contributed by atoms with Gasteiger partial charge in [0, 0.05) is 16.1 Å². The van der Waals surface area contributed by atoms with Gasteiger partial charge in [0.25, 0.3) is 0 Å². The van der Waals surface area contributed by atoms with Crippen LogP contribution in [0.3, 0.4) is 0 Å². The number of phenolic OH excluding ortho intramolecular Hbond substituents is 1. The van der Waals surface area contributed by atoms with Gasteiger partial charge in [-0.15, -0.1) is 0 Å². The molecule has 1 aliphatic carbocycles. The van der Waals surface area contributed by atoms with E-state index in [0.29, 0.717) is 16.8 Å². The number of aromatic hydroxyl groups is 1. The van der Waals surface area contributed by atoms with Crippen LogP contribution >= 0.6 is 23.2 Å². The van der Waals surface area contributed by atoms with E-state index in [1.807, 2.05) is 24.3 Å². The minimum Gasteiger partial charge on any atom is -0.508 e. The second-order valence-electron chi connectivity index (χ2n) is 5.41. The van der Waals surface area contributed by atoms with E-state index in [9.17, 15) is 5.11 Å². The lowest BCUT2D eigenvalue weighted by molar-refractivity contribution is 0.474. The highest BCUT2D eigenvalue weighted by atomic mass is 35.5. The van der Waals surface area contributed by atoms with Crippen molar-refractivity contribution < 1.29 is 5.11 Å². The molecule has 110 valence electrons. The molecule has 0 saturated heterocycles. The number of nitrogens with one attached hydrogen (secondary N) is 1. The molecule has 21 heavy (non-hydrogen) atoms. The first-order valence-corrected chi connectivity index (χ1v) is 7.88. The Morgan fingerprint density at radius 3 is 2.81 bits per heavy atom. The highest BCUT2D eigenvalue weighted by molar-refractivity contribution is 6.35. The number of benzene rings is 2. The highest BCUT2D eigenvalue weighted by Crippen LogP contribution is 2.33. The predicted octanol–water partition coefficient (Wildman–Crippen LogP) is 4.52. The molecule has 2 N–H and O–H groups in total. The van der Waals surface area contributed by atoms with E-state index >= 15 is 0 Å². The lowest BCUT2D eigenvalue weighted by atomic mass is 10.1. The zero-order valence-corrected chi connectivity index (χ0v) is 13.1. The number of rotatable bonds is 4. The fourth-order valence-corrected chi connectivity index (χ4v) is 3.42. The monoisotopic (exact) mass is 321 g/mol. The molecule has 0 aliphatic heterocycles. The van der Waals surface area contributed by atoms with Gasteiger partial charge in [0.05, 0.1) is 0 Å². The van der Waals surface area contributed by atoms with Gasteiger partial charge < -0.3 is 10.4 Å². The van der Waals surface area contributed by atoms with Gasteiger partial charge in [-0.3, -0.25) is 0 Å². The van der Waals surface area contributed by atoms with Crippen molar-refractivity contribution in [3.05, 3.63) is 63.1 Å². The van der Waals surface area contributed by atoms with Crippen molar-refractivity contribution in [1.29, 1.82) is 0 Å². The first kappa shape index (κ1) is 14.7. The van der Waals surface area contributed by atoms with Crippen LogP contribution in [0.25, 0.3) is 0 Å². The van der Waals surface area contributed by atoms with Gasteiger partial charge in [0.1, 0.15) is 5.75 Å². The van der Waals surface area contributed by atoms with Crippen molar-refractivity contribution in [3.63, 3.8) is 0 Å². The van der Waals surface area contributed by atoms with E-state index in [1.165, 1.54) is 11.1 Å². The summed E-state index contributed by atoms with van der Waals surface area (Å²) in [5, 5.41) is 14.5. The lowest BCUT2D eigenvalue weighted by Gasteiger charge is -2.14. The third-order valence-electron chi connectivity index (χ3n) is 4.00. The van der Waals surface area contributed by atoms with Gasteiger partial charge in [-0.25, -0.2) is 0 Å². The third-order valence-corrected chi connectivity index (χ3v) is 4.59. The van der Waals surface area contributed by atoms with Crippen molar-refractivity contribution in [2.24, 2.45) is 0 Å². The summed E-state index contributed by atoms with van der Waals surface area (Å²) in [5.74, 6) is 0.349. The molecule has 2 aromatic rings. The maximum absolute atomic E-state index is 9.51. The largest absolute Gasteiger partial charge is 0.508 e. The smallest absolute Gasteiger partial charge is 0.115 e. The maximum Gasteiger partial charge on any atom is 0.115 e. The molecular weight excluding hydrogens is 305 g/mol. The molecule has 0 fully saturated rings. The normalized spacial score (nSPS) is 17.0. The molecule has 0 heterocycles. The molecule has 2 aromatic carbocycles. The van der Waals surface area contributed by atoms with Gasteiger partial charge in [-0.2, -0.15) is 0 Å². The molecule has 0 aromatic heterocycles. The zero-order valence-electron chi connectivity index (χ0n) is 11.6. The van der Waals surface area contributed by atoms with Crippen LogP contribution in [0.15, 0.2) is 36.4 Å². The summed E-state index contributed by atoms with van der Waals surface area (Å²) < 4.78 is 0. The summed E-state index contributed by atoms with van der Waals surface area (Å²) in [7, 11) is 0. The van der Waals surface area contributed by atoms with E-state index in [2.05, 4.69) is 5.32 Å². The minimum atomic E-state index is 0.349. The van der Waals surface area contributed by atoms with Crippen molar-refractivity contribution in [3.8, 4) is 5.75 Å². The number of hydrogen-bond acceptors (Lipinski definition) is 2. The quantitative estimate of drug-likeness (QED) is 0.867. The van der Waals surface area contributed by atoms with E-state index in [0.717, 1.165) is 36.4 Å². The minimum absolute atomic E-state index is 0.349. The van der Waals surface area contributed by atoms with Gasteiger partial charge in [0.15, 0.2) is 0 Å². The average Bonchev–Trinajstić information content (AvgIpc) is 2.83. The third kappa shape index (κ3) is 3.34. The van der Waals surface area contributed by atoms with Crippen molar-refractivity contribution in [2.45, 2.75) is 25.3 Å². The Morgan fingerprint density at radius 1 is 1.14 bits per heavy atom. The summed E-state index contributed by atoms with van der Waals surface area (Å²) in [4.78, 5) is 0. The molecule has 1 unspecified atom stereocenters. The van der Waals surface area contributed by atoms with E-state index in [1.54, 1.807) is 12.1 Å². The topological polar surface area (TPSA) is 32.3 Å². The number of aryl methyl sites for hydroxylation is 1. The zero-order chi connectivity index (χ0) is 14.8. The van der Waals surface area contributed by atoms with Gasteiger partial charge in [-0.1, -0.05) is 35.3 Å². The Kier molecular flexibility index (Phi) is 4.39. The maximum atomic E-state index is 9.51. The van der Waals surface area contributed by atoms with Gasteiger partial charge in [-0.05, 0) is 66.8 Å². The molecule has 3 rings (SSSR count). The molecule has 0 amide bonds. The van der Waals surface area contributed by atoms with Crippen molar-refractivity contribution in [2.75, 3.05) is 6.54 Å². The van der Waals surface area contributed by atoms with Crippen LogP contribution in [-0.4, -0.2) is 11.7 Å². The first-order valence-electron chi connectivity index (χ1n) is 7.12. The molecule has 0 spiro atoms. The molecule has 0 radical (unpaired) electrons. The van der Waals surface area contributed by atoms with Crippen molar-refractivity contribution in [1.82, 2.24) is 5.32 Å². The van der Waals surface area contributed by atoms with Crippen molar-refractivity contribution >= 4 is 23.2 Å². The summed E-state index contributed by atoms with van der Waals surface area (Å²) >= 11 is 12.1. The summed E-state index contributed by atoms with van der Waals surface area (Å²) in [5.41, 5.74) is 3.66. The predicted molar refractivity (Wildman–Crippen MR) is 87.3 cm³/mol. The van der Waals surface area contributed by atoms with Gasteiger partial charge in [0.2, 0.25) is 0 Å². The fourth-order valence-electron chi connectivity index (χ4n) is 2.92. The Labute approximate surface area is 134 Å². The molecule has 4 heteroatoms. The molecule has 1 aliphatic rings. The second kappa shape index (κ2) is 6.27. The van der Waals surface area contributed by atoms with Crippen LogP contribution in [0.2, 0.25) is 10.0 Å². The number of fused-ring (bicyclic) bond motifs is 1. The van der Waals surface area contributed by atoms with E-state index in [4.69, 9.17) is 23.2 Å². The van der Waals surface area contributed by atoms with Crippen LogP contribution in [0, 0.1) is 0 Å². The van der Waals surface area contributed by atoms with Crippen LogP contribution in [0.1, 0.15) is 29.2 Å². The van der Waals surface area contributed by atoms with E-state index < -0.39 is 0 Å². The van der Waals surface area contributed by atoms with Crippen LogP contribution in [-0.2, 0) is 12.8 Å². The Bertz CT molecular complexity index is 657. The number of hydrogen-bond donors (Lipinski definition) is 2. The molecular formula is C17H17Cl2NO. The molecule has 2 nitrogen and oxygen atoms in total. The number of phenols is 1. The van der Waals surface area contributed by atoms with Crippen LogP contribution in [0.4, 0.5) is 0 Å². The summed E-state index contributed by atoms with van der Waals surface area (Å²) in [6.45, 7) is 0.867. The van der Waals surface area contributed by atoms with Gasteiger partial charge >= 0.3 is 0 Å². The van der Waals surface area contributed by atoms with Crippen LogP contribution < -0.4 is 5.32 Å². The molecule has 0 saturated carbocycles. The fraction of sp³-hybridized carbons (Fsp3) is 0.294. The molecule has 1 atom stereocenters. The standard InChI is InChI=1S/C17H17Cl2NO/c18-13-3-1-11(16(19)10-13)7-8-20-17-6-2-12-9-14(21)4-5-15(12)17/h1,3-5,9-10,17,20-21H,2,6-8H2. The second-order valence-corrected chi connectivity index (χ2v) is 6.26. The number of halogens is 2. The molecule has 0 bridgehead atoms. The first-order chi connectivity index (χ1) is 10.1. The summed E-state index contributed by atoms with van der Waals surface area (Å²) in [6.07, 6.45) is 2.97.